The highest BCUT2D eigenvalue weighted by atomic mass is 32.2. The van der Waals surface area contributed by atoms with E-state index in [0.29, 0.717) is 0 Å². The third-order valence-electron chi connectivity index (χ3n) is 4.66. The monoisotopic (exact) mass is 366 g/mol. The number of aliphatic hydroxyl groups is 1. The van der Waals surface area contributed by atoms with Crippen LogP contribution >= 0.6 is 0 Å². The highest BCUT2D eigenvalue weighted by molar-refractivity contribution is 7.90. The lowest BCUT2D eigenvalue weighted by molar-refractivity contribution is 0.0709. The summed E-state index contributed by atoms with van der Waals surface area (Å²) in [4.78, 5) is 12.3. The largest absolute Gasteiger partial charge is 0.390 e. The zero-order valence-electron chi connectivity index (χ0n) is 15.0. The predicted octanol–water partition coefficient (Wildman–Crippen LogP) is 2.48. The van der Waals surface area contributed by atoms with Crippen LogP contribution in [-0.2, 0) is 10.0 Å². The number of rotatable bonds is 3. The van der Waals surface area contributed by atoms with E-state index in [1.54, 1.807) is 12.1 Å². The molecule has 1 aromatic carbocycles. The average Bonchev–Trinajstić information content (AvgIpc) is 2.51. The molecule has 1 saturated carbocycles. The summed E-state index contributed by atoms with van der Waals surface area (Å²) in [6, 6.07) is 4.81. The molecule has 1 aromatic rings. The summed E-state index contributed by atoms with van der Waals surface area (Å²) in [6.07, 6.45) is 0.866. The normalized spacial score (nSPS) is 23.9. The number of hydrogen-bond donors (Lipinski definition) is 3. The Balaban J connectivity index is 2.15. The van der Waals surface area contributed by atoms with E-state index < -0.39 is 28.2 Å². The molecular weight excluding hydrogens is 340 g/mol. The molecule has 138 valence electrons. The molecule has 3 atom stereocenters. The molecule has 0 radical (unpaired) electrons. The molecule has 7 heteroatoms. The lowest BCUT2D eigenvalue weighted by atomic mass is 9.79. The van der Waals surface area contributed by atoms with Gasteiger partial charge in [0.2, 0.25) is 0 Å². The molecule has 0 bridgehead atoms. The van der Waals surface area contributed by atoms with E-state index in [-0.39, 0.29) is 10.8 Å². The Bertz CT molecular complexity index is 765. The molecule has 1 aliphatic carbocycles. The molecule has 6 nitrogen and oxygen atoms in total. The lowest BCUT2D eigenvalue weighted by Gasteiger charge is -2.36. The van der Waals surface area contributed by atoms with E-state index in [2.05, 4.69) is 5.32 Å². The molecule has 0 heterocycles. The summed E-state index contributed by atoms with van der Waals surface area (Å²) >= 11 is 0. The summed E-state index contributed by atoms with van der Waals surface area (Å²) in [7, 11) is -3.96. The van der Waals surface area contributed by atoms with Gasteiger partial charge < -0.3 is 10.4 Å². The van der Waals surface area contributed by atoms with E-state index in [9.17, 15) is 18.3 Å². The standard InChI is InChI=1S/C18H26N2O4S/c1-11(2)15-10-7-13(4)17(21)16(15)19-18(22)20-25(23,24)14-8-5-12(3)6-9-14/h5-6,8-9,13,16-17,21H,7,10H2,1-4H3,(H2,19,20,22). The SMILES string of the molecule is CC(C)=C1CCC(C)C(O)C1NC(=O)NS(=O)(=O)c1ccc(C)cc1. The first kappa shape index (κ1) is 19.5. The minimum atomic E-state index is -3.96. The van der Waals surface area contributed by atoms with Crippen LogP contribution in [0.4, 0.5) is 4.79 Å². The molecule has 25 heavy (non-hydrogen) atoms. The molecule has 2 rings (SSSR count). The van der Waals surface area contributed by atoms with Gasteiger partial charge in [-0.15, -0.1) is 0 Å². The summed E-state index contributed by atoms with van der Waals surface area (Å²) in [6.45, 7) is 7.62. The van der Waals surface area contributed by atoms with Crippen LogP contribution in [0.2, 0.25) is 0 Å². The van der Waals surface area contributed by atoms with Gasteiger partial charge in [0.15, 0.2) is 0 Å². The molecule has 3 unspecified atom stereocenters. The van der Waals surface area contributed by atoms with Crippen molar-refractivity contribution in [1.29, 1.82) is 0 Å². The van der Waals surface area contributed by atoms with Crippen LogP contribution in [0.15, 0.2) is 40.3 Å². The number of allylic oxidation sites excluding steroid dienone is 1. The summed E-state index contributed by atoms with van der Waals surface area (Å²) in [5.74, 6) is 0.0297. The fourth-order valence-corrected chi connectivity index (χ4v) is 3.96. The molecule has 2 amide bonds. The molecule has 0 aliphatic heterocycles. The maximum Gasteiger partial charge on any atom is 0.329 e. The Morgan fingerprint density at radius 3 is 2.36 bits per heavy atom. The molecule has 0 saturated heterocycles. The maximum atomic E-state index is 12.3. The molecule has 0 aromatic heterocycles. The lowest BCUT2D eigenvalue weighted by Crippen LogP contribution is -2.53. The second kappa shape index (κ2) is 7.58. The van der Waals surface area contributed by atoms with Crippen molar-refractivity contribution in [3.63, 3.8) is 0 Å². The van der Waals surface area contributed by atoms with Gasteiger partial charge in [0.05, 0.1) is 17.0 Å². The Morgan fingerprint density at radius 1 is 1.20 bits per heavy atom. The summed E-state index contributed by atoms with van der Waals surface area (Å²) in [5, 5.41) is 13.1. The number of aryl methyl sites for hydroxylation is 1. The van der Waals surface area contributed by atoms with Crippen molar-refractivity contribution in [3.8, 4) is 0 Å². The molecular formula is C18H26N2O4S. The van der Waals surface area contributed by atoms with Gasteiger partial charge in [0, 0.05) is 0 Å². The average molecular weight is 366 g/mol. The number of sulfonamides is 1. The second-order valence-electron chi connectivity index (χ2n) is 6.90. The van der Waals surface area contributed by atoms with Crippen molar-refractivity contribution in [1.82, 2.24) is 10.0 Å². The van der Waals surface area contributed by atoms with Gasteiger partial charge in [-0.2, -0.15) is 0 Å². The van der Waals surface area contributed by atoms with Gasteiger partial charge in [-0.1, -0.05) is 30.2 Å². The van der Waals surface area contributed by atoms with Crippen LogP contribution < -0.4 is 10.0 Å². The minimum Gasteiger partial charge on any atom is -0.390 e. The van der Waals surface area contributed by atoms with Crippen molar-refractivity contribution in [2.75, 3.05) is 0 Å². The van der Waals surface area contributed by atoms with Crippen LogP contribution in [-0.4, -0.2) is 31.7 Å². The Morgan fingerprint density at radius 2 is 1.80 bits per heavy atom. The topological polar surface area (TPSA) is 95.5 Å². The summed E-state index contributed by atoms with van der Waals surface area (Å²) < 4.78 is 26.6. The van der Waals surface area contributed by atoms with Gasteiger partial charge in [-0.3, -0.25) is 0 Å². The molecule has 1 aliphatic rings. The van der Waals surface area contributed by atoms with Gasteiger partial charge in [0.1, 0.15) is 0 Å². The number of carbonyl (C=O) groups excluding carboxylic acids is 1. The van der Waals surface area contributed by atoms with Crippen molar-refractivity contribution in [2.45, 2.75) is 57.6 Å². The Kier molecular flexibility index (Phi) is 5.90. The first-order valence-corrected chi connectivity index (χ1v) is 9.84. The van der Waals surface area contributed by atoms with Gasteiger partial charge in [-0.25, -0.2) is 17.9 Å². The van der Waals surface area contributed by atoms with Crippen molar-refractivity contribution in [3.05, 3.63) is 41.0 Å². The van der Waals surface area contributed by atoms with Crippen LogP contribution in [0.3, 0.4) is 0 Å². The Hall–Kier alpha value is -1.86. The third kappa shape index (κ3) is 4.61. The van der Waals surface area contributed by atoms with Crippen LogP contribution in [0.1, 0.15) is 39.2 Å². The number of urea groups is 1. The molecule has 3 N–H and O–H groups in total. The summed E-state index contributed by atoms with van der Waals surface area (Å²) in [5.41, 5.74) is 2.90. The fraction of sp³-hybridized carbons (Fsp3) is 0.500. The number of nitrogens with one attached hydrogen (secondary N) is 2. The van der Waals surface area contributed by atoms with Crippen LogP contribution in [0, 0.1) is 12.8 Å². The molecule has 1 fully saturated rings. The first-order chi connectivity index (χ1) is 11.6. The van der Waals surface area contributed by atoms with Gasteiger partial charge >= 0.3 is 6.03 Å². The minimum absolute atomic E-state index is 0.0215. The van der Waals surface area contributed by atoms with E-state index in [1.807, 2.05) is 32.4 Å². The van der Waals surface area contributed by atoms with E-state index in [1.165, 1.54) is 12.1 Å². The van der Waals surface area contributed by atoms with Gasteiger partial charge in [-0.05, 0) is 57.2 Å². The number of amides is 2. The number of hydrogen-bond acceptors (Lipinski definition) is 4. The van der Waals surface area contributed by atoms with E-state index in [0.717, 1.165) is 29.6 Å². The Labute approximate surface area is 149 Å². The maximum absolute atomic E-state index is 12.3. The second-order valence-corrected chi connectivity index (χ2v) is 8.58. The van der Waals surface area contributed by atoms with Crippen molar-refractivity contribution >= 4 is 16.1 Å². The predicted molar refractivity (Wildman–Crippen MR) is 96.6 cm³/mol. The smallest absolute Gasteiger partial charge is 0.329 e. The van der Waals surface area contributed by atoms with Gasteiger partial charge in [0.25, 0.3) is 10.0 Å². The zero-order chi connectivity index (χ0) is 18.8. The van der Waals surface area contributed by atoms with Crippen molar-refractivity contribution in [2.24, 2.45) is 5.92 Å². The highest BCUT2D eigenvalue weighted by Gasteiger charge is 2.34. The molecule has 0 spiro atoms. The first-order valence-electron chi connectivity index (χ1n) is 8.36. The zero-order valence-corrected chi connectivity index (χ0v) is 15.9. The number of aliphatic hydroxyl groups excluding tert-OH is 1. The third-order valence-corrected chi connectivity index (χ3v) is 6.00. The van der Waals surface area contributed by atoms with E-state index >= 15 is 0 Å². The highest BCUT2D eigenvalue weighted by Crippen LogP contribution is 2.30. The van der Waals surface area contributed by atoms with E-state index in [4.69, 9.17) is 0 Å². The van der Waals surface area contributed by atoms with Crippen LogP contribution in [0.5, 0.6) is 0 Å². The fourth-order valence-electron chi connectivity index (χ4n) is 3.05. The number of carbonyl (C=O) groups is 1. The van der Waals surface area contributed by atoms with Crippen LogP contribution in [0.25, 0.3) is 0 Å². The quantitative estimate of drug-likeness (QED) is 0.716. The number of benzene rings is 1. The van der Waals surface area contributed by atoms with Crippen molar-refractivity contribution < 1.29 is 18.3 Å².